The zero-order chi connectivity index (χ0) is 12.3. The van der Waals surface area contributed by atoms with Crippen LogP contribution in [0.2, 0.25) is 0 Å². The molecule has 1 heterocycles. The first-order valence-corrected chi connectivity index (χ1v) is 4.90. The minimum absolute atomic E-state index is 0.0199. The molecule has 0 aliphatic carbocycles. The van der Waals surface area contributed by atoms with Crippen LogP contribution in [0.3, 0.4) is 0 Å². The Balaban J connectivity index is 2.23. The first-order chi connectivity index (χ1) is 8.20. The summed E-state index contributed by atoms with van der Waals surface area (Å²) in [5.74, 6) is 0.114. The summed E-state index contributed by atoms with van der Waals surface area (Å²) >= 11 is 0. The van der Waals surface area contributed by atoms with Crippen LogP contribution in [0, 0.1) is 6.92 Å². The quantitative estimate of drug-likeness (QED) is 0.816. The minimum Gasteiger partial charge on any atom is -0.495 e. The molecule has 0 aliphatic rings. The standard InChI is InChI=1S/C10H11N5O2/c1-6-3-4-8(17-2)7(5-6)11-10(16)9-12-14-15-13-9/h3-5H,1-2H3,(H,11,16)(H,12,13,14,15). The average molecular weight is 233 g/mol. The van der Waals surface area contributed by atoms with Crippen LogP contribution in [0.1, 0.15) is 16.2 Å². The van der Waals surface area contributed by atoms with Crippen molar-refractivity contribution in [3.63, 3.8) is 0 Å². The second-order valence-corrected chi connectivity index (χ2v) is 3.39. The third-order valence-electron chi connectivity index (χ3n) is 2.15. The van der Waals surface area contributed by atoms with Crippen molar-refractivity contribution in [2.45, 2.75) is 6.92 Å². The van der Waals surface area contributed by atoms with Crippen LogP contribution in [-0.2, 0) is 0 Å². The topological polar surface area (TPSA) is 92.8 Å². The number of carbonyl (C=O) groups is 1. The van der Waals surface area contributed by atoms with Crippen molar-refractivity contribution in [2.75, 3.05) is 12.4 Å². The summed E-state index contributed by atoms with van der Waals surface area (Å²) < 4.78 is 5.14. The van der Waals surface area contributed by atoms with Crippen molar-refractivity contribution < 1.29 is 9.53 Å². The molecule has 17 heavy (non-hydrogen) atoms. The SMILES string of the molecule is COc1ccc(C)cc1NC(=O)c1nn[nH]n1. The normalized spacial score (nSPS) is 10.0. The number of hydrogen-bond donors (Lipinski definition) is 2. The molecule has 1 aromatic carbocycles. The summed E-state index contributed by atoms with van der Waals surface area (Å²) in [5, 5.41) is 15.4. The van der Waals surface area contributed by atoms with E-state index in [4.69, 9.17) is 4.74 Å². The molecular weight excluding hydrogens is 222 g/mol. The minimum atomic E-state index is -0.442. The first kappa shape index (κ1) is 11.1. The van der Waals surface area contributed by atoms with Gasteiger partial charge in [0, 0.05) is 0 Å². The van der Waals surface area contributed by atoms with Gasteiger partial charge in [0.05, 0.1) is 12.8 Å². The van der Waals surface area contributed by atoms with Crippen LogP contribution in [0.15, 0.2) is 18.2 Å². The van der Waals surface area contributed by atoms with E-state index < -0.39 is 5.91 Å². The van der Waals surface area contributed by atoms with E-state index in [0.29, 0.717) is 11.4 Å². The highest BCUT2D eigenvalue weighted by atomic mass is 16.5. The third-order valence-corrected chi connectivity index (χ3v) is 2.15. The van der Waals surface area contributed by atoms with Crippen LogP contribution < -0.4 is 10.1 Å². The molecule has 7 heteroatoms. The Hall–Kier alpha value is -2.44. The van der Waals surface area contributed by atoms with E-state index in [1.807, 2.05) is 13.0 Å². The molecule has 0 saturated heterocycles. The number of carbonyl (C=O) groups excluding carboxylic acids is 1. The van der Waals surface area contributed by atoms with Gasteiger partial charge in [-0.05, 0) is 29.8 Å². The Morgan fingerprint density at radius 2 is 2.29 bits per heavy atom. The molecule has 0 aliphatic heterocycles. The lowest BCUT2D eigenvalue weighted by Crippen LogP contribution is -2.14. The monoisotopic (exact) mass is 233 g/mol. The molecule has 2 N–H and O–H groups in total. The molecule has 2 aromatic rings. The lowest BCUT2D eigenvalue weighted by atomic mass is 10.2. The number of aromatic nitrogens is 4. The number of anilines is 1. The van der Waals surface area contributed by atoms with Gasteiger partial charge in [-0.15, -0.1) is 10.2 Å². The molecule has 0 bridgehead atoms. The maximum atomic E-state index is 11.7. The Morgan fingerprint density at radius 1 is 1.47 bits per heavy atom. The Kier molecular flexibility index (Phi) is 2.99. The summed E-state index contributed by atoms with van der Waals surface area (Å²) in [6.45, 7) is 1.92. The van der Waals surface area contributed by atoms with Crippen LogP contribution in [-0.4, -0.2) is 33.6 Å². The zero-order valence-electron chi connectivity index (χ0n) is 9.39. The van der Waals surface area contributed by atoms with Gasteiger partial charge in [-0.25, -0.2) is 0 Å². The van der Waals surface area contributed by atoms with Gasteiger partial charge in [-0.2, -0.15) is 5.21 Å². The maximum Gasteiger partial charge on any atom is 0.297 e. The highest BCUT2D eigenvalue weighted by molar-refractivity contribution is 6.02. The number of aromatic amines is 1. The van der Waals surface area contributed by atoms with E-state index >= 15 is 0 Å². The van der Waals surface area contributed by atoms with Gasteiger partial charge >= 0.3 is 0 Å². The number of tetrazole rings is 1. The lowest BCUT2D eigenvalue weighted by Gasteiger charge is -2.09. The van der Waals surface area contributed by atoms with E-state index in [2.05, 4.69) is 25.9 Å². The number of benzene rings is 1. The molecule has 2 rings (SSSR count). The van der Waals surface area contributed by atoms with Crippen molar-refractivity contribution in [3.8, 4) is 5.75 Å². The van der Waals surface area contributed by atoms with Crippen molar-refractivity contribution in [1.82, 2.24) is 20.6 Å². The second kappa shape index (κ2) is 4.60. The Bertz CT molecular complexity index is 523. The molecule has 0 atom stereocenters. The number of rotatable bonds is 3. The number of H-pyrrole nitrogens is 1. The molecule has 0 unspecified atom stereocenters. The summed E-state index contributed by atoms with van der Waals surface area (Å²) in [6, 6.07) is 5.47. The van der Waals surface area contributed by atoms with Crippen LogP contribution >= 0.6 is 0 Å². The van der Waals surface area contributed by atoms with Crippen molar-refractivity contribution in [3.05, 3.63) is 29.6 Å². The maximum absolute atomic E-state index is 11.7. The third kappa shape index (κ3) is 2.39. The number of nitrogens with zero attached hydrogens (tertiary/aromatic N) is 3. The zero-order valence-corrected chi connectivity index (χ0v) is 9.39. The smallest absolute Gasteiger partial charge is 0.297 e. The number of aryl methyl sites for hydroxylation is 1. The fraction of sp³-hybridized carbons (Fsp3) is 0.200. The molecular formula is C10H11N5O2. The van der Waals surface area contributed by atoms with E-state index in [1.54, 1.807) is 12.1 Å². The summed E-state index contributed by atoms with van der Waals surface area (Å²) in [7, 11) is 1.54. The molecule has 0 saturated carbocycles. The molecule has 0 spiro atoms. The number of methoxy groups -OCH3 is 1. The molecule has 88 valence electrons. The van der Waals surface area contributed by atoms with Crippen molar-refractivity contribution in [1.29, 1.82) is 0 Å². The van der Waals surface area contributed by atoms with Gasteiger partial charge < -0.3 is 10.1 Å². The van der Waals surface area contributed by atoms with Crippen LogP contribution in [0.25, 0.3) is 0 Å². The highest BCUT2D eigenvalue weighted by Gasteiger charge is 2.13. The van der Waals surface area contributed by atoms with Gasteiger partial charge in [0.2, 0.25) is 0 Å². The molecule has 7 nitrogen and oxygen atoms in total. The Morgan fingerprint density at radius 3 is 2.94 bits per heavy atom. The van der Waals surface area contributed by atoms with Gasteiger partial charge in [0.1, 0.15) is 5.75 Å². The molecule has 1 aromatic heterocycles. The number of amides is 1. The van der Waals surface area contributed by atoms with Gasteiger partial charge in [-0.3, -0.25) is 4.79 Å². The van der Waals surface area contributed by atoms with E-state index in [1.165, 1.54) is 7.11 Å². The summed E-state index contributed by atoms with van der Waals surface area (Å²) in [4.78, 5) is 11.7. The predicted molar refractivity (Wildman–Crippen MR) is 59.9 cm³/mol. The molecule has 0 radical (unpaired) electrons. The second-order valence-electron chi connectivity index (χ2n) is 3.39. The van der Waals surface area contributed by atoms with Crippen molar-refractivity contribution in [2.24, 2.45) is 0 Å². The fourth-order valence-corrected chi connectivity index (χ4v) is 1.36. The highest BCUT2D eigenvalue weighted by Crippen LogP contribution is 2.25. The van der Waals surface area contributed by atoms with E-state index in [0.717, 1.165) is 5.56 Å². The van der Waals surface area contributed by atoms with Gasteiger partial charge in [0.15, 0.2) is 0 Å². The van der Waals surface area contributed by atoms with Crippen LogP contribution in [0.4, 0.5) is 5.69 Å². The number of nitrogens with one attached hydrogen (secondary N) is 2. The largest absolute Gasteiger partial charge is 0.495 e. The summed E-state index contributed by atoms with van der Waals surface area (Å²) in [6.07, 6.45) is 0. The predicted octanol–water partition coefficient (Wildman–Crippen LogP) is 0.769. The first-order valence-electron chi connectivity index (χ1n) is 4.90. The van der Waals surface area contributed by atoms with E-state index in [9.17, 15) is 4.79 Å². The van der Waals surface area contributed by atoms with Gasteiger partial charge in [0.25, 0.3) is 11.7 Å². The molecule has 1 amide bonds. The summed E-state index contributed by atoms with van der Waals surface area (Å²) in [5.41, 5.74) is 1.58. The average Bonchev–Trinajstić information content (AvgIpc) is 2.83. The number of hydrogen-bond acceptors (Lipinski definition) is 5. The van der Waals surface area contributed by atoms with Crippen molar-refractivity contribution >= 4 is 11.6 Å². The van der Waals surface area contributed by atoms with Gasteiger partial charge in [-0.1, -0.05) is 6.07 Å². The Labute approximate surface area is 97.2 Å². The fourth-order valence-electron chi connectivity index (χ4n) is 1.36. The number of ether oxygens (including phenoxy) is 1. The van der Waals surface area contributed by atoms with Crippen LogP contribution in [0.5, 0.6) is 5.75 Å². The molecule has 0 fully saturated rings. The van der Waals surface area contributed by atoms with E-state index in [-0.39, 0.29) is 5.82 Å². The lowest BCUT2D eigenvalue weighted by molar-refractivity contribution is 0.101.